The van der Waals surface area contributed by atoms with Gasteiger partial charge in [0.1, 0.15) is 48.2 Å². The van der Waals surface area contributed by atoms with Crippen molar-refractivity contribution in [3.63, 3.8) is 0 Å². The van der Waals surface area contributed by atoms with Crippen LogP contribution in [0.1, 0.15) is 104 Å². The fourth-order valence-electron chi connectivity index (χ4n) is 14.9. The number of rotatable bonds is 27. The zero-order valence-corrected chi connectivity index (χ0v) is 67.7. The van der Waals surface area contributed by atoms with E-state index >= 15 is 0 Å². The first-order valence-corrected chi connectivity index (χ1v) is 39.4. The number of nitrogens with zero attached hydrogens (tertiary/aromatic N) is 7. The Hall–Kier alpha value is -13.7. The SMILES string of the molecule is CCc1c2c(CC)c3c(CC)c1CNC(=O)Nc1cc(CC(=O)O)ccc1NC(=O)NCc1c(C)c(c(OCCOCCOCCn4cc(CN(CC(=O)N[C@@H]5O[C@H](CO)[C@@H](O)[C@H](O)[C@H]5O)c5ccc(N=O)c6nonc56)nn4)c(c1C)CNC(=O)Nc1ccc(CC(=O)O)cc1NC(=O)NC3)CNC(=O)Nc1ccc(CC(=O)O)cc1NC(=O)NCC2. The minimum Gasteiger partial charge on any atom is -0.490 e. The number of carboxylic acid groups (broad SMARTS) is 3. The lowest BCUT2D eigenvalue weighted by molar-refractivity contribution is -0.235. The molecule has 6 heterocycles. The van der Waals surface area contributed by atoms with E-state index in [4.69, 9.17) is 23.6 Å². The van der Waals surface area contributed by atoms with Crippen molar-refractivity contribution >= 4 is 117 Å². The fourth-order valence-corrected chi connectivity index (χ4v) is 14.9. The molecule has 0 unspecified atom stereocenters. The summed E-state index contributed by atoms with van der Waals surface area (Å²) in [6.45, 7) is 6.59. The molecule has 12 rings (SSSR count). The molecule has 43 heteroatoms. The van der Waals surface area contributed by atoms with Gasteiger partial charge in [-0.3, -0.25) is 19.2 Å². The number of carbonyl (C=O) groups is 10. The molecule has 13 amide bonds. The van der Waals surface area contributed by atoms with Gasteiger partial charge in [-0.2, -0.15) is 0 Å². The number of amides is 13. The quantitative estimate of drug-likeness (QED) is 0.0237. The molecule has 0 saturated carbocycles. The van der Waals surface area contributed by atoms with Crippen molar-refractivity contribution < 1.29 is 107 Å². The molecule has 5 atom stereocenters. The molecule has 43 nitrogen and oxygen atoms in total. The summed E-state index contributed by atoms with van der Waals surface area (Å²) < 4.78 is 30.5. The van der Waals surface area contributed by atoms with E-state index < -0.39 is 123 Å². The monoisotopic (exact) mass is 1700 g/mol. The number of aliphatic hydroxyl groups excluding tert-OH is 4. The number of ether oxygens (including phenoxy) is 4. The smallest absolute Gasteiger partial charge is 0.319 e. The summed E-state index contributed by atoms with van der Waals surface area (Å²) in [5.74, 6) is -4.18. The second kappa shape index (κ2) is 42.0. The van der Waals surface area contributed by atoms with Crippen LogP contribution < -0.4 is 78.8 Å². The van der Waals surface area contributed by atoms with Crippen LogP contribution in [0.25, 0.3) is 11.0 Å². The Labute approximate surface area is 701 Å². The van der Waals surface area contributed by atoms with Gasteiger partial charge in [0.05, 0.1) is 118 Å². The largest absolute Gasteiger partial charge is 0.490 e. The van der Waals surface area contributed by atoms with E-state index in [1.165, 1.54) is 76.3 Å². The highest BCUT2D eigenvalue weighted by Gasteiger charge is 2.44. The average molecular weight is 1710 g/mol. The highest BCUT2D eigenvalue weighted by Crippen LogP contribution is 2.38. The second-order valence-corrected chi connectivity index (χ2v) is 28.8. The highest BCUT2D eigenvalue weighted by atomic mass is 16.6. The van der Waals surface area contributed by atoms with E-state index in [0.29, 0.717) is 63.9 Å². The van der Waals surface area contributed by atoms with Crippen molar-refractivity contribution in [1.29, 1.82) is 0 Å². The minimum absolute atomic E-state index is 0.00513. The topological polar surface area (TPSA) is 608 Å². The summed E-state index contributed by atoms with van der Waals surface area (Å²) in [7, 11) is 0. The lowest BCUT2D eigenvalue weighted by atomic mass is 9.82. The number of benzene rings is 6. The Morgan fingerprint density at radius 1 is 0.545 bits per heavy atom. The molecular formula is C80H96N20O23. The summed E-state index contributed by atoms with van der Waals surface area (Å²) >= 11 is 0. The van der Waals surface area contributed by atoms with E-state index in [9.17, 15) is 88.6 Å². The van der Waals surface area contributed by atoms with Crippen molar-refractivity contribution in [2.24, 2.45) is 5.18 Å². The third-order valence-electron chi connectivity index (χ3n) is 20.8. The molecule has 6 bridgehead atoms. The normalized spacial score (nSPS) is 17.4. The number of carboxylic acids is 3. The van der Waals surface area contributed by atoms with Crippen LogP contribution in [0.15, 0.2) is 82.7 Å². The summed E-state index contributed by atoms with van der Waals surface area (Å²) in [6, 6.07) is 11.0. The van der Waals surface area contributed by atoms with Gasteiger partial charge in [-0.05, 0) is 170 Å². The molecule has 20 N–H and O–H groups in total. The Balaban J connectivity index is 0.886. The van der Waals surface area contributed by atoms with Crippen LogP contribution in [0.3, 0.4) is 0 Å². The zero-order chi connectivity index (χ0) is 88.1. The second-order valence-electron chi connectivity index (χ2n) is 28.8. The van der Waals surface area contributed by atoms with Crippen molar-refractivity contribution in [3.8, 4) is 5.75 Å². The summed E-state index contributed by atoms with van der Waals surface area (Å²) in [5.41, 5.74) is 7.92. The molecule has 8 aromatic rings. The molecular weight excluding hydrogens is 1610 g/mol. The molecule has 0 aliphatic carbocycles. The van der Waals surface area contributed by atoms with Gasteiger partial charge in [0, 0.05) is 50.4 Å². The van der Waals surface area contributed by atoms with Crippen molar-refractivity contribution in [1.82, 2.24) is 62.5 Å². The number of hydrogen-bond acceptors (Lipinski definition) is 26. The number of aliphatic hydroxyl groups is 4. The predicted octanol–water partition coefficient (Wildman–Crippen LogP) is 5.03. The van der Waals surface area contributed by atoms with Gasteiger partial charge in [0.15, 0.2) is 17.3 Å². The van der Waals surface area contributed by atoms with E-state index in [1.54, 1.807) is 20.0 Å². The molecule has 4 aliphatic heterocycles. The van der Waals surface area contributed by atoms with Gasteiger partial charge in [-0.15, -0.1) is 10.0 Å². The first-order valence-electron chi connectivity index (χ1n) is 39.4. The third kappa shape index (κ3) is 23.1. The standard InChI is InChI=1S/C80H96N20O23/c1-6-46-49-17-18-81-75(112)90-59-25-42(28-65(103)104)9-12-55(59)88-77(114)83-32-51-40(4)50-31-82-76(113)87-56-13-10-43(29-66(105)106)26-60(56)91-79(116)85-34-53(46)48(8-3)54(47(49)7-2)35-86-80(117)92-61-27-44(30-67(107)108)11-14-57(61)89-78(115)84-33-52(41(50)5)73(51)121-24-23-120-22-21-119-20-19-100-37-45(94-98-100)36-99(62-16-15-58(95-118)68-69(62)97-123-96-68)38-64(102)93-74-72(111)71(110)70(109)63(39-101)122-74/h9-16,25-27,37,63,70-72,74,101,109-111H,6-8,17-24,28-36,38-39H2,1-5H3,(H,93,102)(H,103,104)(H,105,106)(H,107,108)(H2,81,90,112)(H2,82,87,113)(H2,83,88,114)(H2,84,89,115)(H2,85,91,116)(H2,86,92,117)/t63-,70-,71+,72-,74-/m1/s1. The van der Waals surface area contributed by atoms with Crippen LogP contribution in [0.4, 0.5) is 74.3 Å². The first-order chi connectivity index (χ1) is 59.1. The van der Waals surface area contributed by atoms with Crippen molar-refractivity contribution in [2.75, 3.05) is 89.5 Å². The van der Waals surface area contributed by atoms with Gasteiger partial charge < -0.3 is 129 Å². The van der Waals surface area contributed by atoms with Crippen LogP contribution in [-0.4, -0.2) is 204 Å². The van der Waals surface area contributed by atoms with Gasteiger partial charge in [0.2, 0.25) is 5.91 Å². The number of hydrogen-bond donors (Lipinski definition) is 20. The van der Waals surface area contributed by atoms with E-state index in [0.717, 1.165) is 22.3 Å². The van der Waals surface area contributed by atoms with Gasteiger partial charge in [0.25, 0.3) is 0 Å². The maximum absolute atomic E-state index is 14.6. The van der Waals surface area contributed by atoms with Crippen LogP contribution in [-0.2, 0) is 124 Å². The fraction of sp³-hybridized carbons (Fsp3) is 0.400. The first kappa shape index (κ1) is 90.1. The number of carbonyl (C=O) groups excluding carboxylic acids is 7. The summed E-state index contributed by atoms with van der Waals surface area (Å²) in [6.07, 6.45) is -6.54. The molecule has 654 valence electrons. The highest BCUT2D eigenvalue weighted by molar-refractivity contribution is 6.02. The van der Waals surface area contributed by atoms with Crippen molar-refractivity contribution in [2.45, 2.75) is 156 Å². The Morgan fingerprint density at radius 3 is 1.47 bits per heavy atom. The minimum atomic E-state index is -1.79. The van der Waals surface area contributed by atoms with Gasteiger partial charge in [-0.1, -0.05) is 44.2 Å². The van der Waals surface area contributed by atoms with Gasteiger partial charge >= 0.3 is 54.1 Å². The molecule has 1 fully saturated rings. The average Bonchev–Trinajstić information content (AvgIpc) is 1.47. The molecule has 6 aromatic carbocycles. The number of anilines is 7. The predicted molar refractivity (Wildman–Crippen MR) is 441 cm³/mol. The van der Waals surface area contributed by atoms with E-state index in [1.807, 2.05) is 20.8 Å². The number of aromatic nitrogens is 5. The molecule has 123 heavy (non-hydrogen) atoms. The number of nitroso groups, excluding NO2 is 1. The maximum Gasteiger partial charge on any atom is 0.319 e. The van der Waals surface area contributed by atoms with E-state index in [2.05, 4.69) is 94.9 Å². The number of nitrogens with one attached hydrogen (secondary N) is 13. The molecule has 4 aliphatic rings. The molecule has 0 spiro atoms. The van der Waals surface area contributed by atoms with E-state index in [-0.39, 0.29) is 171 Å². The van der Waals surface area contributed by atoms with Crippen LogP contribution in [0.2, 0.25) is 0 Å². The number of aliphatic carboxylic acids is 3. The molecule has 1 saturated heterocycles. The Kier molecular flexibility index (Phi) is 30.7. The summed E-state index contributed by atoms with van der Waals surface area (Å²) in [4.78, 5) is 150. The zero-order valence-electron chi connectivity index (χ0n) is 67.7. The molecule has 0 radical (unpaired) electrons. The van der Waals surface area contributed by atoms with Crippen molar-refractivity contribution in [3.05, 3.63) is 161 Å². The number of fused-ring (bicyclic) bond motifs is 20. The molecule has 2 aromatic heterocycles. The number of urea groups is 6. The van der Waals surface area contributed by atoms with Gasteiger partial charge in [-0.25, -0.2) is 38.1 Å². The lowest BCUT2D eigenvalue weighted by Gasteiger charge is -2.40. The van der Waals surface area contributed by atoms with Crippen LogP contribution >= 0.6 is 0 Å². The van der Waals surface area contributed by atoms with Crippen LogP contribution in [0.5, 0.6) is 5.75 Å². The maximum atomic E-state index is 14.6. The van der Waals surface area contributed by atoms with Crippen LogP contribution in [0, 0.1) is 18.8 Å². The lowest BCUT2D eigenvalue weighted by Crippen LogP contribution is -2.63. The third-order valence-corrected chi connectivity index (χ3v) is 20.8. The Bertz CT molecular complexity index is 5290. The summed E-state index contributed by atoms with van der Waals surface area (Å²) in [5, 5.41) is 127. The Morgan fingerprint density at radius 2 is 0.992 bits per heavy atom.